The topological polar surface area (TPSA) is 20.2 Å². The van der Waals surface area contributed by atoms with Gasteiger partial charge < -0.3 is 5.11 Å². The molecule has 1 N–H and O–H groups in total. The molecule has 0 spiro atoms. The average Bonchev–Trinajstić information content (AvgIpc) is 2.57. The summed E-state index contributed by atoms with van der Waals surface area (Å²) in [5.74, 6) is 0.110. The van der Waals surface area contributed by atoms with Crippen LogP contribution in [0.2, 0.25) is 5.02 Å². The summed E-state index contributed by atoms with van der Waals surface area (Å²) in [6.45, 7) is 11.1. The van der Waals surface area contributed by atoms with Crippen molar-refractivity contribution in [2.75, 3.05) is 0 Å². The third-order valence-electron chi connectivity index (χ3n) is 5.14. The number of phenolic OH excluding ortho intramolecular Hbond substituents is 1. The Morgan fingerprint density at radius 2 is 1.89 bits per heavy atom. The van der Waals surface area contributed by atoms with Crippen molar-refractivity contribution < 1.29 is 5.11 Å². The van der Waals surface area contributed by atoms with Crippen LogP contribution in [-0.2, 0) is 0 Å². The van der Waals surface area contributed by atoms with E-state index in [-0.39, 0.29) is 11.2 Å². The number of hydrogen-bond donors (Lipinski definition) is 1. The number of halogens is 1. The lowest BCUT2D eigenvalue weighted by Crippen LogP contribution is -2.19. The summed E-state index contributed by atoms with van der Waals surface area (Å²) in [6, 6.07) is 5.23. The summed E-state index contributed by atoms with van der Waals surface area (Å²) in [5.41, 5.74) is 6.62. The normalized spacial score (nSPS) is 18.7. The first-order valence-corrected chi connectivity index (χ1v) is 9.97. The number of benzene rings is 1. The van der Waals surface area contributed by atoms with Crippen molar-refractivity contribution in [3.63, 3.8) is 0 Å². The van der Waals surface area contributed by atoms with Crippen LogP contribution in [0.15, 0.2) is 70.9 Å². The Balaban J connectivity index is 2.05. The van der Waals surface area contributed by atoms with E-state index >= 15 is 0 Å². The van der Waals surface area contributed by atoms with Gasteiger partial charge in [-0.2, -0.15) is 0 Å². The predicted molar refractivity (Wildman–Crippen MR) is 119 cm³/mol. The van der Waals surface area contributed by atoms with Gasteiger partial charge in [-0.15, -0.1) is 0 Å². The van der Waals surface area contributed by atoms with Crippen molar-refractivity contribution in [3.8, 4) is 5.75 Å². The van der Waals surface area contributed by atoms with Crippen LogP contribution in [0.4, 0.5) is 0 Å². The zero-order valence-corrected chi connectivity index (χ0v) is 17.9. The largest absolute Gasteiger partial charge is 0.506 e. The monoisotopic (exact) mass is 382 g/mol. The van der Waals surface area contributed by atoms with Gasteiger partial charge in [-0.05, 0) is 68.7 Å². The molecule has 0 atom stereocenters. The van der Waals surface area contributed by atoms with E-state index in [2.05, 4.69) is 65.0 Å². The van der Waals surface area contributed by atoms with E-state index in [1.165, 1.54) is 36.0 Å². The summed E-state index contributed by atoms with van der Waals surface area (Å²) in [6.07, 6.45) is 16.6. The molecule has 0 fully saturated rings. The van der Waals surface area contributed by atoms with Gasteiger partial charge in [0.1, 0.15) is 5.75 Å². The zero-order valence-electron chi connectivity index (χ0n) is 17.1. The van der Waals surface area contributed by atoms with E-state index in [0.717, 1.165) is 11.1 Å². The van der Waals surface area contributed by atoms with Crippen molar-refractivity contribution in [1.82, 2.24) is 0 Å². The Kier molecular flexibility index (Phi) is 7.33. The number of hydrogen-bond acceptors (Lipinski definition) is 1. The van der Waals surface area contributed by atoms with Gasteiger partial charge in [-0.3, -0.25) is 0 Å². The summed E-state index contributed by atoms with van der Waals surface area (Å²) in [4.78, 5) is 0. The smallest absolute Gasteiger partial charge is 0.134 e. The molecule has 0 unspecified atom stereocenters. The Morgan fingerprint density at radius 1 is 1.15 bits per heavy atom. The molecule has 0 radical (unpaired) electrons. The molecule has 0 heterocycles. The van der Waals surface area contributed by atoms with Crippen LogP contribution < -0.4 is 0 Å². The molecule has 0 aromatic heterocycles. The van der Waals surface area contributed by atoms with E-state index in [0.29, 0.717) is 5.02 Å². The number of phenols is 1. The van der Waals surface area contributed by atoms with Crippen LogP contribution in [0, 0.1) is 5.41 Å². The standard InChI is InChI=1S/C25H31ClO/c1-18(11-13-22-20(3)10-7-15-25(22,4)5)8-6-9-19(2)16-21-12-14-24(27)23(26)17-21/h6,8-9,11-14,16-17,27H,7,10,15H2,1-5H3/b9-6+,13-11+,18-8+,19-16+. The van der Waals surface area contributed by atoms with Crippen molar-refractivity contribution in [1.29, 1.82) is 0 Å². The average molecular weight is 383 g/mol. The fourth-order valence-electron chi connectivity index (χ4n) is 3.56. The quantitative estimate of drug-likeness (QED) is 0.511. The molecule has 0 saturated carbocycles. The second kappa shape index (κ2) is 9.28. The minimum Gasteiger partial charge on any atom is -0.506 e. The molecule has 27 heavy (non-hydrogen) atoms. The lowest BCUT2D eigenvalue weighted by Gasteiger charge is -2.32. The number of rotatable bonds is 5. The highest BCUT2D eigenvalue weighted by Gasteiger charge is 2.26. The van der Waals surface area contributed by atoms with Gasteiger partial charge in [0, 0.05) is 0 Å². The molecule has 1 nitrogen and oxygen atoms in total. The maximum Gasteiger partial charge on any atom is 0.134 e. The molecule has 1 aromatic rings. The fourth-order valence-corrected chi connectivity index (χ4v) is 3.75. The first-order chi connectivity index (χ1) is 12.7. The van der Waals surface area contributed by atoms with Crippen LogP contribution in [0.5, 0.6) is 5.75 Å². The minimum absolute atomic E-state index is 0.110. The number of allylic oxidation sites excluding steroid dienone is 9. The highest BCUT2D eigenvalue weighted by Crippen LogP contribution is 2.40. The molecule has 2 rings (SSSR count). The maximum absolute atomic E-state index is 9.49. The fraction of sp³-hybridized carbons (Fsp3) is 0.360. The van der Waals surface area contributed by atoms with Crippen LogP contribution >= 0.6 is 11.6 Å². The van der Waals surface area contributed by atoms with Gasteiger partial charge >= 0.3 is 0 Å². The van der Waals surface area contributed by atoms with Gasteiger partial charge in [0.15, 0.2) is 0 Å². The molecule has 0 amide bonds. The molecule has 1 aliphatic rings. The Morgan fingerprint density at radius 3 is 2.56 bits per heavy atom. The molecule has 0 aliphatic heterocycles. The highest BCUT2D eigenvalue weighted by molar-refractivity contribution is 6.32. The molecule has 1 aliphatic carbocycles. The molecule has 2 heteroatoms. The first kappa shape index (κ1) is 21.3. The third kappa shape index (κ3) is 6.29. The van der Waals surface area contributed by atoms with Crippen molar-refractivity contribution >= 4 is 17.7 Å². The van der Waals surface area contributed by atoms with Crippen LogP contribution in [0.3, 0.4) is 0 Å². The SMILES string of the molecule is CC1=C(/C=C/C(C)=C/C=C/C(C)=C/c2ccc(O)c(Cl)c2)C(C)(C)CCC1. The lowest BCUT2D eigenvalue weighted by atomic mass is 9.72. The summed E-state index contributed by atoms with van der Waals surface area (Å²) in [7, 11) is 0. The highest BCUT2D eigenvalue weighted by atomic mass is 35.5. The summed E-state index contributed by atoms with van der Waals surface area (Å²) >= 11 is 5.95. The van der Waals surface area contributed by atoms with Gasteiger partial charge in [-0.25, -0.2) is 0 Å². The van der Waals surface area contributed by atoms with E-state index in [1.807, 2.05) is 12.1 Å². The molecular formula is C25H31ClO. The second-order valence-electron chi connectivity index (χ2n) is 8.13. The van der Waals surface area contributed by atoms with Crippen LogP contribution in [-0.4, -0.2) is 5.11 Å². The van der Waals surface area contributed by atoms with Crippen molar-refractivity contribution in [3.05, 3.63) is 81.5 Å². The first-order valence-electron chi connectivity index (χ1n) is 9.59. The maximum atomic E-state index is 9.49. The van der Waals surface area contributed by atoms with Gasteiger partial charge in [0.25, 0.3) is 0 Å². The minimum atomic E-state index is 0.110. The summed E-state index contributed by atoms with van der Waals surface area (Å²) < 4.78 is 0. The molecular weight excluding hydrogens is 352 g/mol. The zero-order chi connectivity index (χ0) is 20.0. The second-order valence-corrected chi connectivity index (χ2v) is 8.54. The Labute approximate surface area is 169 Å². The van der Waals surface area contributed by atoms with Crippen molar-refractivity contribution in [2.24, 2.45) is 5.41 Å². The van der Waals surface area contributed by atoms with E-state index in [4.69, 9.17) is 11.6 Å². The molecule has 144 valence electrons. The van der Waals surface area contributed by atoms with Crippen LogP contribution in [0.25, 0.3) is 6.08 Å². The molecule has 1 aromatic carbocycles. The van der Waals surface area contributed by atoms with Gasteiger partial charge in [0.2, 0.25) is 0 Å². The van der Waals surface area contributed by atoms with Gasteiger partial charge in [0.05, 0.1) is 5.02 Å². The third-order valence-corrected chi connectivity index (χ3v) is 5.44. The van der Waals surface area contributed by atoms with E-state index < -0.39 is 0 Å². The van der Waals surface area contributed by atoms with Gasteiger partial charge in [-0.1, -0.05) is 84.7 Å². The molecule has 0 saturated heterocycles. The predicted octanol–water partition coefficient (Wildman–Crippen LogP) is 8.03. The lowest BCUT2D eigenvalue weighted by molar-refractivity contribution is 0.377. The van der Waals surface area contributed by atoms with E-state index in [9.17, 15) is 5.11 Å². The van der Waals surface area contributed by atoms with Crippen LogP contribution in [0.1, 0.15) is 59.4 Å². The van der Waals surface area contributed by atoms with Crippen molar-refractivity contribution in [2.45, 2.75) is 53.9 Å². The number of aromatic hydroxyl groups is 1. The summed E-state index contributed by atoms with van der Waals surface area (Å²) in [5, 5.41) is 9.86. The molecule has 0 bridgehead atoms. The van der Waals surface area contributed by atoms with E-state index in [1.54, 1.807) is 12.1 Å². The Hall–Kier alpha value is -1.99. The Bertz CT molecular complexity index is 832.